The quantitative estimate of drug-likeness (QED) is 0.514. The summed E-state index contributed by atoms with van der Waals surface area (Å²) < 4.78 is 4.51. The van der Waals surface area contributed by atoms with Gasteiger partial charge in [-0.15, -0.1) is 0 Å². The highest BCUT2D eigenvalue weighted by atomic mass is 79.9. The number of rotatable bonds is 2. The molecule has 0 aliphatic carbocycles. The molecule has 1 rings (SSSR count). The van der Waals surface area contributed by atoms with E-state index >= 15 is 0 Å². The number of alkyl halides is 1. The van der Waals surface area contributed by atoms with E-state index in [1.165, 1.54) is 19.2 Å². The molecule has 0 saturated heterocycles. The lowest BCUT2D eigenvalue weighted by Crippen LogP contribution is -2.01. The Morgan fingerprint density at radius 3 is 2.88 bits per heavy atom. The second-order valence-electron chi connectivity index (χ2n) is 2.96. The van der Waals surface area contributed by atoms with Gasteiger partial charge in [0.15, 0.2) is 0 Å². The number of phenols is 1. The first-order valence-electron chi connectivity index (χ1n) is 4.65. The van der Waals surface area contributed by atoms with Gasteiger partial charge < -0.3 is 9.84 Å². The number of halogens is 1. The molecule has 84 valence electrons. The molecular formula is C12H11BrO3. The van der Waals surface area contributed by atoms with Crippen LogP contribution in [0.15, 0.2) is 18.2 Å². The topological polar surface area (TPSA) is 46.5 Å². The second kappa shape index (κ2) is 6.19. The van der Waals surface area contributed by atoms with E-state index in [1.807, 2.05) is 0 Å². The minimum absolute atomic E-state index is 0.113. The molecule has 0 saturated carbocycles. The maximum atomic E-state index is 11.2. The van der Waals surface area contributed by atoms with Gasteiger partial charge in [-0.1, -0.05) is 27.8 Å². The average molecular weight is 283 g/mol. The second-order valence-corrected chi connectivity index (χ2v) is 3.76. The lowest BCUT2D eigenvalue weighted by molar-refractivity contribution is 0.0597. The number of phenolic OH excluding ortho intramolecular Hbond substituents is 1. The van der Waals surface area contributed by atoms with Crippen LogP contribution in [-0.4, -0.2) is 23.5 Å². The van der Waals surface area contributed by atoms with Gasteiger partial charge in [-0.3, -0.25) is 0 Å². The third-order valence-electron chi connectivity index (χ3n) is 1.86. The molecule has 0 aliphatic heterocycles. The Balaban J connectivity index is 2.92. The van der Waals surface area contributed by atoms with Crippen LogP contribution in [0.3, 0.4) is 0 Å². The van der Waals surface area contributed by atoms with E-state index in [9.17, 15) is 9.90 Å². The Morgan fingerprint density at radius 2 is 2.31 bits per heavy atom. The largest absolute Gasteiger partial charge is 0.507 e. The normalized spacial score (nSPS) is 9.12. The Morgan fingerprint density at radius 1 is 1.56 bits per heavy atom. The van der Waals surface area contributed by atoms with E-state index in [0.717, 1.165) is 11.8 Å². The number of carbonyl (C=O) groups is 1. The minimum Gasteiger partial charge on any atom is -0.507 e. The third-order valence-corrected chi connectivity index (χ3v) is 2.25. The monoisotopic (exact) mass is 282 g/mol. The highest BCUT2D eigenvalue weighted by Crippen LogP contribution is 2.19. The van der Waals surface area contributed by atoms with E-state index in [0.29, 0.717) is 5.56 Å². The summed E-state index contributed by atoms with van der Waals surface area (Å²) in [6, 6.07) is 4.63. The molecule has 1 N–H and O–H groups in total. The molecule has 1 aromatic rings. The van der Waals surface area contributed by atoms with Crippen molar-refractivity contribution in [1.82, 2.24) is 0 Å². The SMILES string of the molecule is COC(=O)c1ccc(C#CCCBr)cc1O. The zero-order valence-electron chi connectivity index (χ0n) is 8.79. The van der Waals surface area contributed by atoms with Gasteiger partial charge in [0.05, 0.1) is 7.11 Å². The Bertz CT molecular complexity index is 443. The first-order chi connectivity index (χ1) is 7.69. The summed E-state index contributed by atoms with van der Waals surface area (Å²) in [5.41, 5.74) is 0.819. The number of hydrogen-bond acceptors (Lipinski definition) is 3. The van der Waals surface area contributed by atoms with Crippen molar-refractivity contribution in [2.45, 2.75) is 6.42 Å². The zero-order valence-corrected chi connectivity index (χ0v) is 10.4. The number of aromatic hydroxyl groups is 1. The summed E-state index contributed by atoms with van der Waals surface area (Å²) in [4.78, 5) is 11.2. The van der Waals surface area contributed by atoms with Crippen LogP contribution in [0.25, 0.3) is 0 Å². The molecule has 0 atom stereocenters. The zero-order chi connectivity index (χ0) is 12.0. The van der Waals surface area contributed by atoms with Gasteiger partial charge in [0, 0.05) is 17.3 Å². The van der Waals surface area contributed by atoms with Crippen LogP contribution in [0.4, 0.5) is 0 Å². The fourth-order valence-electron chi connectivity index (χ4n) is 1.10. The van der Waals surface area contributed by atoms with Gasteiger partial charge in [-0.2, -0.15) is 0 Å². The smallest absolute Gasteiger partial charge is 0.341 e. The summed E-state index contributed by atoms with van der Waals surface area (Å²) in [6.07, 6.45) is 0.736. The van der Waals surface area contributed by atoms with Crippen molar-refractivity contribution in [3.63, 3.8) is 0 Å². The van der Waals surface area contributed by atoms with Crippen molar-refractivity contribution in [1.29, 1.82) is 0 Å². The molecule has 0 heterocycles. The number of benzene rings is 1. The predicted molar refractivity (Wildman–Crippen MR) is 64.7 cm³/mol. The average Bonchev–Trinajstić information content (AvgIpc) is 2.29. The molecule has 4 heteroatoms. The van der Waals surface area contributed by atoms with E-state index < -0.39 is 5.97 Å². The highest BCUT2D eigenvalue weighted by molar-refractivity contribution is 9.09. The van der Waals surface area contributed by atoms with E-state index in [1.54, 1.807) is 6.07 Å². The van der Waals surface area contributed by atoms with Crippen molar-refractivity contribution in [2.24, 2.45) is 0 Å². The lowest BCUT2D eigenvalue weighted by Gasteiger charge is -2.02. The fourth-order valence-corrected chi connectivity index (χ4v) is 1.30. The summed E-state index contributed by atoms with van der Waals surface area (Å²) in [7, 11) is 1.27. The molecule has 0 aliphatic rings. The highest BCUT2D eigenvalue weighted by Gasteiger charge is 2.10. The number of esters is 1. The third kappa shape index (κ3) is 3.28. The summed E-state index contributed by atoms with van der Waals surface area (Å²) in [5, 5.41) is 10.4. The van der Waals surface area contributed by atoms with E-state index in [2.05, 4.69) is 32.5 Å². The van der Waals surface area contributed by atoms with Crippen molar-refractivity contribution in [2.75, 3.05) is 12.4 Å². The maximum Gasteiger partial charge on any atom is 0.341 e. The fraction of sp³-hybridized carbons (Fsp3) is 0.250. The van der Waals surface area contributed by atoms with Crippen molar-refractivity contribution in [3.05, 3.63) is 29.3 Å². The van der Waals surface area contributed by atoms with E-state index in [4.69, 9.17) is 0 Å². The van der Waals surface area contributed by atoms with Gasteiger partial charge in [0.1, 0.15) is 11.3 Å². The molecule has 0 bridgehead atoms. The van der Waals surface area contributed by atoms with Crippen molar-refractivity contribution < 1.29 is 14.6 Å². The molecule has 0 radical (unpaired) electrons. The first-order valence-corrected chi connectivity index (χ1v) is 5.77. The van der Waals surface area contributed by atoms with Crippen LogP contribution < -0.4 is 0 Å². The summed E-state index contributed by atoms with van der Waals surface area (Å²) in [5.74, 6) is 5.12. The van der Waals surface area contributed by atoms with E-state index in [-0.39, 0.29) is 11.3 Å². The summed E-state index contributed by atoms with van der Waals surface area (Å²) in [6.45, 7) is 0. The van der Waals surface area contributed by atoms with Crippen LogP contribution in [0.1, 0.15) is 22.3 Å². The van der Waals surface area contributed by atoms with Crippen LogP contribution in [0.2, 0.25) is 0 Å². The lowest BCUT2D eigenvalue weighted by atomic mass is 10.1. The molecule has 0 unspecified atom stereocenters. The van der Waals surface area contributed by atoms with Crippen LogP contribution >= 0.6 is 15.9 Å². The Hall–Kier alpha value is -1.47. The van der Waals surface area contributed by atoms with Crippen molar-refractivity contribution >= 4 is 21.9 Å². The first kappa shape index (κ1) is 12.6. The maximum absolute atomic E-state index is 11.2. The molecular weight excluding hydrogens is 272 g/mol. The molecule has 0 fully saturated rings. The Kier molecular flexibility index (Phi) is 4.87. The number of carbonyl (C=O) groups excluding carboxylic acids is 1. The number of methoxy groups -OCH3 is 1. The molecule has 1 aromatic carbocycles. The van der Waals surface area contributed by atoms with Gasteiger partial charge in [-0.05, 0) is 18.2 Å². The Labute approximate surface area is 103 Å². The minimum atomic E-state index is -0.558. The van der Waals surface area contributed by atoms with Crippen LogP contribution in [0, 0.1) is 11.8 Å². The molecule has 0 amide bonds. The molecule has 0 spiro atoms. The number of ether oxygens (including phenoxy) is 1. The standard InChI is InChI=1S/C12H11BrO3/c1-16-12(15)10-6-5-9(8-11(10)14)4-2-3-7-13/h5-6,8,14H,3,7H2,1H3. The molecule has 3 nitrogen and oxygen atoms in total. The van der Waals surface area contributed by atoms with Gasteiger partial charge in [-0.25, -0.2) is 4.79 Å². The molecule has 0 aromatic heterocycles. The van der Waals surface area contributed by atoms with Gasteiger partial charge >= 0.3 is 5.97 Å². The summed E-state index contributed by atoms with van der Waals surface area (Å²) >= 11 is 3.26. The predicted octanol–water partition coefficient (Wildman–Crippen LogP) is 2.32. The number of hydrogen-bond donors (Lipinski definition) is 1. The van der Waals surface area contributed by atoms with Crippen molar-refractivity contribution in [3.8, 4) is 17.6 Å². The van der Waals surface area contributed by atoms with Gasteiger partial charge in [0.2, 0.25) is 0 Å². The van der Waals surface area contributed by atoms with Crippen LogP contribution in [0.5, 0.6) is 5.75 Å². The van der Waals surface area contributed by atoms with Gasteiger partial charge in [0.25, 0.3) is 0 Å². The molecule has 16 heavy (non-hydrogen) atoms. The van der Waals surface area contributed by atoms with Crippen LogP contribution in [-0.2, 0) is 4.74 Å².